The lowest BCUT2D eigenvalue weighted by Crippen LogP contribution is -2.47. The van der Waals surface area contributed by atoms with Crippen LogP contribution in [0.5, 0.6) is 0 Å². The third-order valence-electron chi connectivity index (χ3n) is 4.48. The second-order valence-electron chi connectivity index (χ2n) is 7.55. The van der Waals surface area contributed by atoms with E-state index in [4.69, 9.17) is 17.7 Å². The molecular weight excluding hydrogens is 521 g/mol. The van der Waals surface area contributed by atoms with E-state index in [1.54, 1.807) is 0 Å². The number of rotatable bonds is 7. The molecule has 17 heteroatoms. The average Bonchev–Trinajstić information content (AvgIpc) is 3.13. The number of ether oxygens (including phenoxy) is 1. The number of likely N-dealkylation sites (tertiary alicyclic amines) is 1. The molecule has 35 heavy (non-hydrogen) atoms. The number of halogens is 3. The number of non-ortho nitro benzene ring substituents is 1. The number of alkyl halides is 3. The van der Waals surface area contributed by atoms with Crippen LogP contribution < -0.4 is 5.32 Å². The highest BCUT2D eigenvalue weighted by atomic mass is 32.2. The summed E-state index contributed by atoms with van der Waals surface area (Å²) < 4.78 is 62.8. The van der Waals surface area contributed by atoms with Crippen molar-refractivity contribution < 1.29 is 45.4 Å². The van der Waals surface area contributed by atoms with E-state index in [1.165, 1.54) is 29.2 Å². The van der Waals surface area contributed by atoms with Crippen LogP contribution in [0.1, 0.15) is 12.0 Å². The first-order valence-electron chi connectivity index (χ1n) is 9.84. The Balaban J connectivity index is 0.000000658. The molecule has 2 atom stereocenters. The van der Waals surface area contributed by atoms with Crippen molar-refractivity contribution in [1.82, 2.24) is 15.1 Å². The smallest absolute Gasteiger partial charge is 0.445 e. The lowest BCUT2D eigenvalue weighted by Gasteiger charge is -2.23. The summed E-state index contributed by atoms with van der Waals surface area (Å²) in [5.74, 6) is -0.222. The van der Waals surface area contributed by atoms with Crippen LogP contribution in [0.25, 0.3) is 0 Å². The molecule has 0 spiro atoms. The van der Waals surface area contributed by atoms with Crippen LogP contribution in [-0.2, 0) is 26.3 Å². The van der Waals surface area contributed by atoms with Gasteiger partial charge in [0.25, 0.3) is 5.69 Å². The highest BCUT2D eigenvalue weighted by molar-refractivity contribution is 7.86. The van der Waals surface area contributed by atoms with E-state index < -0.39 is 32.7 Å². The Morgan fingerprint density at radius 2 is 1.86 bits per heavy atom. The summed E-state index contributed by atoms with van der Waals surface area (Å²) in [4.78, 5) is 38.3. The van der Waals surface area contributed by atoms with E-state index in [1.807, 2.05) is 19.0 Å². The number of nitrogens with one attached hydrogen (secondary N) is 1. The van der Waals surface area contributed by atoms with Crippen LogP contribution in [-0.4, -0.2) is 90.2 Å². The van der Waals surface area contributed by atoms with E-state index in [0.29, 0.717) is 31.6 Å². The molecule has 0 radical (unpaired) electrons. The molecule has 1 heterocycles. The van der Waals surface area contributed by atoms with Gasteiger partial charge in [0, 0.05) is 37.0 Å². The molecule has 1 saturated heterocycles. The summed E-state index contributed by atoms with van der Waals surface area (Å²) in [6.07, 6.45) is -0.138. The van der Waals surface area contributed by atoms with Crippen LogP contribution in [0.15, 0.2) is 24.3 Å². The van der Waals surface area contributed by atoms with Gasteiger partial charge in [0.2, 0.25) is 5.91 Å². The summed E-state index contributed by atoms with van der Waals surface area (Å²) in [5, 5.41) is 13.4. The Kier molecular flexibility index (Phi) is 11.2. The van der Waals surface area contributed by atoms with Crippen molar-refractivity contribution in [2.24, 2.45) is 0 Å². The van der Waals surface area contributed by atoms with Crippen LogP contribution in [0, 0.1) is 10.1 Å². The minimum atomic E-state index is -5.84. The molecular formula is C18H25F3N4O8S2. The van der Waals surface area contributed by atoms with Gasteiger partial charge in [-0.1, -0.05) is 0 Å². The van der Waals surface area contributed by atoms with Crippen LogP contribution in [0.2, 0.25) is 0 Å². The Morgan fingerprint density at radius 3 is 2.31 bits per heavy atom. The van der Waals surface area contributed by atoms with Crippen molar-refractivity contribution in [3.63, 3.8) is 0 Å². The SMILES string of the molecule is CN(C)CCNC(=O)C1C[C@H](S)CN1C(=O)OCc1ccc([N+](=O)[O-])cc1.O=S(=O)(O)C(F)(F)F. The van der Waals surface area contributed by atoms with E-state index in [2.05, 4.69) is 17.9 Å². The minimum absolute atomic E-state index is 0.0282. The molecule has 1 unspecified atom stereocenters. The van der Waals surface area contributed by atoms with Crippen molar-refractivity contribution in [2.45, 2.75) is 29.8 Å². The zero-order valence-electron chi connectivity index (χ0n) is 18.6. The summed E-state index contributed by atoms with van der Waals surface area (Å²) in [6.45, 7) is 1.49. The number of benzene rings is 1. The fourth-order valence-electron chi connectivity index (χ4n) is 2.73. The highest BCUT2D eigenvalue weighted by Gasteiger charge is 2.44. The Morgan fingerprint density at radius 1 is 1.31 bits per heavy atom. The number of nitro benzene ring substituents is 1. The van der Waals surface area contributed by atoms with Gasteiger partial charge >= 0.3 is 21.7 Å². The molecule has 1 fully saturated rings. The number of amides is 2. The molecule has 0 aromatic heterocycles. The first-order valence-corrected chi connectivity index (χ1v) is 11.8. The maximum Gasteiger partial charge on any atom is 0.522 e. The summed E-state index contributed by atoms with van der Waals surface area (Å²) in [7, 11) is -2.02. The molecule has 0 saturated carbocycles. The van der Waals surface area contributed by atoms with Gasteiger partial charge in [-0.2, -0.15) is 34.2 Å². The standard InChI is InChI=1S/C17H24N4O5S.CHF3O3S/c1-19(2)8-7-18-16(22)15-9-14(27)10-20(15)17(23)26-11-12-3-5-13(6-4-12)21(24)25;2-1(3,4)8(5,6)7/h3-6,14-15,27H,7-11H2,1-2H3,(H,18,22);(H,5,6,7)/t14-,15?;/m0./s1. The Bertz CT molecular complexity index is 990. The number of carbonyl (C=O) groups is 2. The van der Waals surface area contributed by atoms with Gasteiger partial charge in [0.15, 0.2) is 0 Å². The number of thiol groups is 1. The molecule has 1 aromatic rings. The van der Waals surface area contributed by atoms with E-state index in [-0.39, 0.29) is 23.5 Å². The van der Waals surface area contributed by atoms with Gasteiger partial charge in [-0.3, -0.25) is 24.4 Å². The maximum atomic E-state index is 12.4. The van der Waals surface area contributed by atoms with E-state index >= 15 is 0 Å². The number of likely N-dealkylation sites (N-methyl/N-ethyl adjacent to an activating group) is 1. The Labute approximate surface area is 204 Å². The fourth-order valence-corrected chi connectivity index (χ4v) is 3.10. The Hall–Kier alpha value is -2.63. The van der Waals surface area contributed by atoms with Crippen molar-refractivity contribution in [3.8, 4) is 0 Å². The zero-order chi connectivity index (χ0) is 27.0. The normalized spacial score (nSPS) is 18.0. The number of nitrogens with zero attached hydrogens (tertiary/aromatic N) is 3. The second kappa shape index (κ2) is 12.9. The molecule has 1 aliphatic rings. The van der Waals surface area contributed by atoms with Crippen molar-refractivity contribution >= 4 is 40.4 Å². The minimum Gasteiger partial charge on any atom is -0.445 e. The summed E-state index contributed by atoms with van der Waals surface area (Å²) >= 11 is 4.39. The summed E-state index contributed by atoms with van der Waals surface area (Å²) in [5.41, 5.74) is -4.94. The van der Waals surface area contributed by atoms with Crippen molar-refractivity contribution in [3.05, 3.63) is 39.9 Å². The maximum absolute atomic E-state index is 12.4. The molecule has 0 aliphatic carbocycles. The van der Waals surface area contributed by atoms with Gasteiger partial charge in [0.05, 0.1) is 4.92 Å². The van der Waals surface area contributed by atoms with Gasteiger partial charge in [-0.15, -0.1) is 0 Å². The molecule has 2 amide bonds. The summed E-state index contributed by atoms with van der Waals surface area (Å²) in [6, 6.07) is 5.15. The van der Waals surface area contributed by atoms with Crippen molar-refractivity contribution in [1.29, 1.82) is 0 Å². The molecule has 0 bridgehead atoms. The lowest BCUT2D eigenvalue weighted by molar-refractivity contribution is -0.384. The second-order valence-corrected chi connectivity index (χ2v) is 9.69. The molecule has 198 valence electrons. The third-order valence-corrected chi connectivity index (χ3v) is 5.44. The topological polar surface area (TPSA) is 159 Å². The first-order chi connectivity index (χ1) is 16.0. The van der Waals surface area contributed by atoms with Gasteiger partial charge in [-0.05, 0) is 38.2 Å². The van der Waals surface area contributed by atoms with Crippen LogP contribution in [0.3, 0.4) is 0 Å². The largest absolute Gasteiger partial charge is 0.522 e. The van der Waals surface area contributed by atoms with E-state index in [0.717, 1.165) is 0 Å². The molecule has 1 aromatic carbocycles. The fraction of sp³-hybridized carbons (Fsp3) is 0.556. The lowest BCUT2D eigenvalue weighted by atomic mass is 10.2. The van der Waals surface area contributed by atoms with Crippen LogP contribution in [0.4, 0.5) is 23.7 Å². The number of hydrogen-bond acceptors (Lipinski definition) is 9. The first kappa shape index (κ1) is 30.4. The highest BCUT2D eigenvalue weighted by Crippen LogP contribution is 2.23. The molecule has 1 aliphatic heterocycles. The molecule has 12 nitrogen and oxygen atoms in total. The van der Waals surface area contributed by atoms with Crippen molar-refractivity contribution in [2.75, 3.05) is 33.7 Å². The monoisotopic (exact) mass is 546 g/mol. The predicted molar refractivity (Wildman–Crippen MR) is 120 cm³/mol. The van der Waals surface area contributed by atoms with Gasteiger partial charge in [0.1, 0.15) is 12.6 Å². The predicted octanol–water partition coefficient (Wildman–Crippen LogP) is 1.68. The van der Waals surface area contributed by atoms with E-state index in [9.17, 15) is 32.9 Å². The number of nitro groups is 1. The van der Waals surface area contributed by atoms with Gasteiger partial charge in [-0.25, -0.2) is 4.79 Å². The van der Waals surface area contributed by atoms with Crippen LogP contribution >= 0.6 is 12.6 Å². The number of hydrogen-bond donors (Lipinski definition) is 3. The third kappa shape index (κ3) is 10.3. The van der Waals surface area contributed by atoms with Gasteiger partial charge < -0.3 is 15.0 Å². The molecule has 2 rings (SSSR count). The zero-order valence-corrected chi connectivity index (χ0v) is 20.3. The number of carbonyl (C=O) groups excluding carboxylic acids is 2. The quantitative estimate of drug-likeness (QED) is 0.152. The molecule has 2 N–H and O–H groups in total. The average molecular weight is 547 g/mol.